The second-order valence-electron chi connectivity index (χ2n) is 7.46. The predicted octanol–water partition coefficient (Wildman–Crippen LogP) is 5.01. The quantitative estimate of drug-likeness (QED) is 0.567. The molecule has 1 aromatic heterocycles. The van der Waals surface area contributed by atoms with Crippen LogP contribution in [0.2, 0.25) is 5.02 Å². The number of likely N-dealkylation sites (N-methyl/N-ethyl adjacent to an activating group) is 1. The van der Waals surface area contributed by atoms with Crippen LogP contribution in [0.15, 0.2) is 30.3 Å². The second-order valence-corrected chi connectivity index (χ2v) is 8.88. The van der Waals surface area contributed by atoms with Gasteiger partial charge < -0.3 is 4.90 Å². The Hall–Kier alpha value is -1.95. The van der Waals surface area contributed by atoms with Gasteiger partial charge >= 0.3 is 0 Å². The number of halogens is 1. The molecule has 2 aromatic carbocycles. The number of aryl methyl sites for hydroxylation is 3. The van der Waals surface area contributed by atoms with Crippen LogP contribution >= 0.6 is 22.9 Å². The van der Waals surface area contributed by atoms with E-state index in [2.05, 4.69) is 30.9 Å². The van der Waals surface area contributed by atoms with Crippen LogP contribution in [0.1, 0.15) is 22.3 Å². The van der Waals surface area contributed by atoms with Crippen molar-refractivity contribution in [2.75, 3.05) is 32.1 Å². The van der Waals surface area contributed by atoms with Crippen molar-refractivity contribution in [3.8, 4) is 0 Å². The van der Waals surface area contributed by atoms with Crippen molar-refractivity contribution in [3.63, 3.8) is 0 Å². The molecule has 0 saturated carbocycles. The summed E-state index contributed by atoms with van der Waals surface area (Å²) in [6.07, 6.45) is 0.365. The third-order valence-electron chi connectivity index (χ3n) is 4.97. The lowest BCUT2D eigenvalue weighted by Gasteiger charge is -2.22. The summed E-state index contributed by atoms with van der Waals surface area (Å²) in [6.45, 7) is 7.50. The van der Waals surface area contributed by atoms with Gasteiger partial charge in [-0.1, -0.05) is 41.1 Å². The molecule has 3 aromatic rings. The second kappa shape index (κ2) is 8.60. The average Bonchev–Trinajstić information content (AvgIpc) is 3.06. The van der Waals surface area contributed by atoms with Crippen LogP contribution in [-0.2, 0) is 11.2 Å². The molecule has 0 fully saturated rings. The monoisotopic (exact) mass is 415 g/mol. The highest BCUT2D eigenvalue weighted by molar-refractivity contribution is 7.22. The summed E-state index contributed by atoms with van der Waals surface area (Å²) in [5.74, 6) is 0.0629. The minimum atomic E-state index is 0.0629. The Morgan fingerprint density at radius 2 is 1.82 bits per heavy atom. The van der Waals surface area contributed by atoms with Crippen LogP contribution in [0.25, 0.3) is 10.2 Å². The molecule has 0 radical (unpaired) electrons. The summed E-state index contributed by atoms with van der Waals surface area (Å²) >= 11 is 7.80. The Kier molecular flexibility index (Phi) is 6.38. The molecule has 148 valence electrons. The molecule has 0 spiro atoms. The number of carbonyl (C=O) groups excluding carboxylic acids is 1. The molecule has 1 heterocycles. The Labute approximate surface area is 175 Å². The maximum atomic E-state index is 13.2. The lowest BCUT2D eigenvalue weighted by Crippen LogP contribution is -2.37. The highest BCUT2D eigenvalue weighted by Gasteiger charge is 2.21. The van der Waals surface area contributed by atoms with Gasteiger partial charge in [-0.15, -0.1) is 0 Å². The van der Waals surface area contributed by atoms with E-state index in [4.69, 9.17) is 16.6 Å². The van der Waals surface area contributed by atoms with Crippen molar-refractivity contribution in [2.45, 2.75) is 27.2 Å². The fourth-order valence-electron chi connectivity index (χ4n) is 3.01. The largest absolute Gasteiger partial charge is 0.308 e. The standard InChI is InChI=1S/C22H26ClN3OS/c1-14-6-7-17(12-15(14)2)13-20(27)26(11-10-25(4)5)22-24-21-16(3)18(23)8-9-19(21)28-22/h6-9,12H,10-11,13H2,1-5H3. The minimum Gasteiger partial charge on any atom is -0.308 e. The molecule has 0 aliphatic heterocycles. The van der Waals surface area contributed by atoms with Crippen molar-refractivity contribution in [3.05, 3.63) is 57.6 Å². The van der Waals surface area contributed by atoms with Gasteiger partial charge in [0.25, 0.3) is 0 Å². The van der Waals surface area contributed by atoms with E-state index in [1.807, 2.05) is 44.1 Å². The third kappa shape index (κ3) is 4.54. The summed E-state index contributed by atoms with van der Waals surface area (Å²) < 4.78 is 1.05. The number of fused-ring (bicyclic) bond motifs is 1. The number of aromatic nitrogens is 1. The summed E-state index contributed by atoms with van der Waals surface area (Å²) in [5.41, 5.74) is 5.30. The highest BCUT2D eigenvalue weighted by Crippen LogP contribution is 2.33. The fourth-order valence-corrected chi connectivity index (χ4v) is 4.24. The van der Waals surface area contributed by atoms with E-state index in [1.165, 1.54) is 11.1 Å². The molecular weight excluding hydrogens is 390 g/mol. The van der Waals surface area contributed by atoms with Gasteiger partial charge in [0, 0.05) is 18.1 Å². The molecule has 6 heteroatoms. The molecule has 0 atom stereocenters. The Balaban J connectivity index is 1.92. The third-order valence-corrected chi connectivity index (χ3v) is 6.42. The van der Waals surface area contributed by atoms with Crippen molar-refractivity contribution >= 4 is 44.2 Å². The lowest BCUT2D eigenvalue weighted by atomic mass is 10.0. The highest BCUT2D eigenvalue weighted by atomic mass is 35.5. The molecule has 0 bridgehead atoms. The number of rotatable bonds is 6. The number of thiazole rings is 1. The zero-order valence-electron chi connectivity index (χ0n) is 17.0. The first-order valence-electron chi connectivity index (χ1n) is 9.33. The maximum absolute atomic E-state index is 13.2. The SMILES string of the molecule is Cc1ccc(CC(=O)N(CCN(C)C)c2nc3c(C)c(Cl)ccc3s2)cc1C. The maximum Gasteiger partial charge on any atom is 0.233 e. The summed E-state index contributed by atoms with van der Waals surface area (Å²) in [6, 6.07) is 10.1. The van der Waals surface area contributed by atoms with Crippen LogP contribution < -0.4 is 4.90 Å². The summed E-state index contributed by atoms with van der Waals surface area (Å²) in [4.78, 5) is 21.9. The number of carbonyl (C=O) groups is 1. The molecule has 4 nitrogen and oxygen atoms in total. The van der Waals surface area contributed by atoms with Gasteiger partial charge in [0.05, 0.1) is 16.6 Å². The van der Waals surface area contributed by atoms with Gasteiger partial charge in [0.15, 0.2) is 5.13 Å². The molecule has 1 amide bonds. The van der Waals surface area contributed by atoms with Crippen LogP contribution in [0.3, 0.4) is 0 Å². The van der Waals surface area contributed by atoms with E-state index in [1.54, 1.807) is 11.3 Å². The van der Waals surface area contributed by atoms with Gasteiger partial charge in [-0.3, -0.25) is 9.69 Å². The van der Waals surface area contributed by atoms with Crippen LogP contribution in [0.5, 0.6) is 0 Å². The normalized spacial score (nSPS) is 11.4. The lowest BCUT2D eigenvalue weighted by molar-refractivity contribution is -0.118. The number of benzene rings is 2. The van der Waals surface area contributed by atoms with E-state index >= 15 is 0 Å². The predicted molar refractivity (Wildman–Crippen MR) is 120 cm³/mol. The zero-order valence-corrected chi connectivity index (χ0v) is 18.6. The number of nitrogens with zero attached hydrogens (tertiary/aromatic N) is 3. The number of hydrogen-bond donors (Lipinski definition) is 0. The Morgan fingerprint density at radius 1 is 1.07 bits per heavy atom. The van der Waals surface area contributed by atoms with Crippen molar-refractivity contribution < 1.29 is 4.79 Å². The molecule has 0 aliphatic carbocycles. The van der Waals surface area contributed by atoms with Gasteiger partial charge in [0.2, 0.25) is 5.91 Å². The van der Waals surface area contributed by atoms with Crippen molar-refractivity contribution in [1.82, 2.24) is 9.88 Å². The van der Waals surface area contributed by atoms with E-state index in [0.29, 0.717) is 18.0 Å². The number of hydrogen-bond acceptors (Lipinski definition) is 4. The van der Waals surface area contributed by atoms with E-state index < -0.39 is 0 Å². The molecular formula is C22H26ClN3OS. The first kappa shape index (κ1) is 20.8. The van der Waals surface area contributed by atoms with Gasteiger partial charge in [-0.2, -0.15) is 0 Å². The fraction of sp³-hybridized carbons (Fsp3) is 0.364. The van der Waals surface area contributed by atoms with Crippen LogP contribution in [0.4, 0.5) is 5.13 Å². The Bertz CT molecular complexity index is 1010. The number of amides is 1. The average molecular weight is 416 g/mol. The number of anilines is 1. The Morgan fingerprint density at radius 3 is 2.50 bits per heavy atom. The van der Waals surface area contributed by atoms with Gasteiger partial charge in [-0.25, -0.2) is 4.98 Å². The summed E-state index contributed by atoms with van der Waals surface area (Å²) in [5, 5.41) is 1.43. The topological polar surface area (TPSA) is 36.4 Å². The molecule has 3 rings (SSSR count). The van der Waals surface area contributed by atoms with E-state index in [9.17, 15) is 4.79 Å². The molecule has 0 aliphatic rings. The molecule has 0 saturated heterocycles. The molecule has 0 N–H and O–H groups in total. The van der Waals surface area contributed by atoms with E-state index in [-0.39, 0.29) is 5.91 Å². The minimum absolute atomic E-state index is 0.0629. The van der Waals surface area contributed by atoms with Crippen LogP contribution in [-0.4, -0.2) is 43.0 Å². The molecule has 0 unspecified atom stereocenters. The van der Waals surface area contributed by atoms with Crippen molar-refractivity contribution in [1.29, 1.82) is 0 Å². The first-order valence-corrected chi connectivity index (χ1v) is 10.5. The summed E-state index contributed by atoms with van der Waals surface area (Å²) in [7, 11) is 4.02. The van der Waals surface area contributed by atoms with E-state index in [0.717, 1.165) is 33.0 Å². The molecule has 28 heavy (non-hydrogen) atoms. The zero-order chi connectivity index (χ0) is 20.4. The smallest absolute Gasteiger partial charge is 0.233 e. The van der Waals surface area contributed by atoms with Gasteiger partial charge in [-0.05, 0) is 69.3 Å². The first-order chi connectivity index (χ1) is 13.3. The van der Waals surface area contributed by atoms with Crippen LogP contribution in [0, 0.1) is 20.8 Å². The van der Waals surface area contributed by atoms with Gasteiger partial charge in [0.1, 0.15) is 0 Å². The van der Waals surface area contributed by atoms with Crippen molar-refractivity contribution in [2.24, 2.45) is 0 Å².